The summed E-state index contributed by atoms with van der Waals surface area (Å²) in [5.74, 6) is -10.7. The fourth-order valence-electron chi connectivity index (χ4n) is 3.25. The molecule has 6 N–H and O–H groups in total. The number of amides is 4. The smallest absolute Gasteiger partial charge is 0.307 e. The second kappa shape index (κ2) is 11.5. The summed E-state index contributed by atoms with van der Waals surface area (Å²) in [6, 6.07) is 0. The van der Waals surface area contributed by atoms with Gasteiger partial charge in [-0.05, 0) is 12.8 Å². The van der Waals surface area contributed by atoms with E-state index in [0.717, 1.165) is 0 Å². The van der Waals surface area contributed by atoms with E-state index in [1.165, 1.54) is 0 Å². The molecule has 14 nitrogen and oxygen atoms in total. The molecule has 176 valence electrons. The van der Waals surface area contributed by atoms with Crippen molar-refractivity contribution in [3.8, 4) is 0 Å². The van der Waals surface area contributed by atoms with Crippen LogP contribution in [0.2, 0.25) is 0 Å². The lowest BCUT2D eigenvalue weighted by molar-refractivity contribution is -0.153. The van der Waals surface area contributed by atoms with Crippen molar-refractivity contribution < 1.29 is 58.8 Å². The second-order valence-electron chi connectivity index (χ2n) is 7.36. The number of hydrogen-bond donors (Lipinski definition) is 6. The maximum absolute atomic E-state index is 11.2. The third-order valence-electron chi connectivity index (χ3n) is 4.81. The third kappa shape index (κ3) is 8.49. The van der Waals surface area contributed by atoms with Crippen LogP contribution in [0.25, 0.3) is 0 Å². The van der Waals surface area contributed by atoms with Crippen LogP contribution in [0.3, 0.4) is 0 Å². The van der Waals surface area contributed by atoms with Crippen molar-refractivity contribution in [1.82, 2.24) is 10.6 Å². The van der Waals surface area contributed by atoms with E-state index in [9.17, 15) is 38.4 Å². The lowest BCUT2D eigenvalue weighted by Crippen LogP contribution is -2.26. The first-order chi connectivity index (χ1) is 14.8. The predicted octanol–water partition coefficient (Wildman–Crippen LogP) is -1.57. The molecule has 2 saturated heterocycles. The molecule has 4 atom stereocenters. The molecular weight excluding hydrogens is 436 g/mol. The highest BCUT2D eigenvalue weighted by Gasteiger charge is 2.38. The van der Waals surface area contributed by atoms with E-state index < -0.39 is 66.8 Å². The van der Waals surface area contributed by atoms with E-state index >= 15 is 0 Å². The van der Waals surface area contributed by atoms with Gasteiger partial charge in [-0.3, -0.25) is 49.0 Å². The number of carbonyl (C=O) groups excluding carboxylic acids is 4. The van der Waals surface area contributed by atoms with E-state index in [0.29, 0.717) is 0 Å². The number of nitrogens with one attached hydrogen (secondary N) is 2. The zero-order valence-corrected chi connectivity index (χ0v) is 16.6. The first-order valence-electron chi connectivity index (χ1n) is 9.36. The summed E-state index contributed by atoms with van der Waals surface area (Å²) in [6.45, 7) is 0. The molecule has 2 fully saturated rings. The third-order valence-corrected chi connectivity index (χ3v) is 4.81. The average molecular weight is 458 g/mol. The molecule has 2 aliphatic heterocycles. The lowest BCUT2D eigenvalue weighted by Gasteiger charge is -2.14. The Morgan fingerprint density at radius 3 is 1.28 bits per heavy atom. The molecule has 0 aliphatic carbocycles. The molecule has 32 heavy (non-hydrogen) atoms. The van der Waals surface area contributed by atoms with Gasteiger partial charge >= 0.3 is 23.9 Å². The Balaban J connectivity index is 0.000000321. The van der Waals surface area contributed by atoms with Crippen LogP contribution in [0.15, 0.2) is 0 Å². The van der Waals surface area contributed by atoms with Crippen LogP contribution in [-0.2, 0) is 38.4 Å². The monoisotopic (exact) mass is 458 g/mol. The van der Waals surface area contributed by atoms with Crippen molar-refractivity contribution >= 4 is 47.5 Å². The van der Waals surface area contributed by atoms with Gasteiger partial charge in [0.2, 0.25) is 23.6 Å². The molecule has 2 heterocycles. The Labute approximate surface area is 180 Å². The van der Waals surface area contributed by atoms with Gasteiger partial charge in [-0.15, -0.1) is 0 Å². The Morgan fingerprint density at radius 1 is 0.719 bits per heavy atom. The topological polar surface area (TPSA) is 242 Å². The average Bonchev–Trinajstić information content (AvgIpc) is 3.13. The number of carboxylic acids is 4. The number of carboxylic acid groups (broad SMARTS) is 4. The molecule has 0 radical (unpaired) electrons. The minimum absolute atomic E-state index is 0.122. The maximum Gasteiger partial charge on any atom is 0.307 e. The van der Waals surface area contributed by atoms with Gasteiger partial charge in [0.05, 0.1) is 24.7 Å². The van der Waals surface area contributed by atoms with Crippen LogP contribution in [0.1, 0.15) is 38.5 Å². The maximum atomic E-state index is 11.2. The molecule has 0 bridgehead atoms. The van der Waals surface area contributed by atoms with Gasteiger partial charge in [-0.1, -0.05) is 0 Å². The number of hydrogen-bond acceptors (Lipinski definition) is 8. The van der Waals surface area contributed by atoms with E-state index in [-0.39, 0.29) is 42.9 Å². The Bertz CT molecular complexity index is 770. The van der Waals surface area contributed by atoms with Gasteiger partial charge in [0.25, 0.3) is 0 Å². The fraction of sp³-hybridized carbons (Fsp3) is 0.556. The van der Waals surface area contributed by atoms with E-state index in [1.54, 1.807) is 0 Å². The summed E-state index contributed by atoms with van der Waals surface area (Å²) in [6.07, 6.45) is -1.48. The molecule has 0 spiro atoms. The highest BCUT2D eigenvalue weighted by Crippen LogP contribution is 2.25. The van der Waals surface area contributed by atoms with E-state index in [1.807, 2.05) is 0 Å². The van der Waals surface area contributed by atoms with E-state index in [4.69, 9.17) is 20.4 Å². The summed E-state index contributed by atoms with van der Waals surface area (Å²) in [7, 11) is 0. The molecule has 2 rings (SSSR count). The number of rotatable bonds is 10. The van der Waals surface area contributed by atoms with Crippen LogP contribution < -0.4 is 10.6 Å². The van der Waals surface area contributed by atoms with Crippen molar-refractivity contribution in [2.45, 2.75) is 38.5 Å². The summed E-state index contributed by atoms with van der Waals surface area (Å²) in [5, 5.41) is 38.6. The highest BCUT2D eigenvalue weighted by molar-refractivity contribution is 6.05. The standard InChI is InChI=1S/C9H10N2O4.C9H12O8/c12-6-2-4(8(14)10-6)1-5-3-7(13)11-9(5)15;10-6(11)2-4(8(14)15)1-5(9(16)17)3-7(12)13/h4-5H,1-3H2,(H,10,12,14)(H,11,13,15);4-5H,1-3H2,(H,10,11)(H,12,13)(H,14,15)(H,16,17). The number of imide groups is 2. The zero-order chi connectivity index (χ0) is 24.6. The van der Waals surface area contributed by atoms with Crippen molar-refractivity contribution in [3.63, 3.8) is 0 Å². The summed E-state index contributed by atoms with van der Waals surface area (Å²) in [4.78, 5) is 86.3. The van der Waals surface area contributed by atoms with Gasteiger partial charge in [0.15, 0.2) is 0 Å². The first-order valence-corrected chi connectivity index (χ1v) is 9.36. The summed E-state index contributed by atoms with van der Waals surface area (Å²) in [5.41, 5.74) is 0. The summed E-state index contributed by atoms with van der Waals surface area (Å²) < 4.78 is 0. The molecule has 0 aromatic carbocycles. The van der Waals surface area contributed by atoms with Crippen molar-refractivity contribution in [3.05, 3.63) is 0 Å². The molecular formula is C18H22N2O12. The minimum Gasteiger partial charge on any atom is -0.481 e. The Morgan fingerprint density at radius 2 is 1.06 bits per heavy atom. The lowest BCUT2D eigenvalue weighted by atomic mass is 9.90. The highest BCUT2D eigenvalue weighted by atomic mass is 16.4. The fourth-order valence-corrected chi connectivity index (χ4v) is 3.25. The molecule has 2 aliphatic rings. The van der Waals surface area contributed by atoms with Crippen molar-refractivity contribution in [2.75, 3.05) is 0 Å². The van der Waals surface area contributed by atoms with Crippen molar-refractivity contribution in [1.29, 1.82) is 0 Å². The first kappa shape index (κ1) is 26.2. The summed E-state index contributed by atoms with van der Waals surface area (Å²) >= 11 is 0. The normalized spacial score (nSPS) is 21.6. The van der Waals surface area contributed by atoms with Crippen LogP contribution in [0.5, 0.6) is 0 Å². The van der Waals surface area contributed by atoms with Gasteiger partial charge < -0.3 is 20.4 Å². The molecule has 0 aromatic heterocycles. The van der Waals surface area contributed by atoms with Gasteiger partial charge in [-0.25, -0.2) is 0 Å². The predicted molar refractivity (Wildman–Crippen MR) is 98.5 cm³/mol. The zero-order valence-electron chi connectivity index (χ0n) is 16.6. The largest absolute Gasteiger partial charge is 0.481 e. The van der Waals surface area contributed by atoms with Crippen LogP contribution in [-0.4, -0.2) is 67.9 Å². The van der Waals surface area contributed by atoms with Crippen LogP contribution in [0.4, 0.5) is 0 Å². The Hall–Kier alpha value is -3.84. The van der Waals surface area contributed by atoms with Crippen LogP contribution >= 0.6 is 0 Å². The molecule has 0 saturated carbocycles. The quantitative estimate of drug-likeness (QED) is 0.203. The molecule has 4 amide bonds. The number of carbonyl (C=O) groups is 8. The molecule has 14 heteroatoms. The van der Waals surface area contributed by atoms with Crippen LogP contribution in [0, 0.1) is 23.7 Å². The van der Waals surface area contributed by atoms with Gasteiger partial charge in [0, 0.05) is 24.7 Å². The number of aliphatic carboxylic acids is 4. The Kier molecular flexibility index (Phi) is 9.43. The molecule has 4 unspecified atom stereocenters. The minimum atomic E-state index is -1.45. The van der Waals surface area contributed by atoms with Gasteiger partial charge in [-0.2, -0.15) is 0 Å². The molecule has 0 aromatic rings. The second-order valence-corrected chi connectivity index (χ2v) is 7.36. The van der Waals surface area contributed by atoms with Gasteiger partial charge in [0.1, 0.15) is 0 Å². The van der Waals surface area contributed by atoms with Crippen molar-refractivity contribution in [2.24, 2.45) is 23.7 Å². The van der Waals surface area contributed by atoms with E-state index in [2.05, 4.69) is 10.6 Å². The SMILES string of the molecule is O=C(O)CC(CC(CC(=O)O)C(=O)O)C(=O)O.O=C1CC(CC2CC(=O)NC2=O)C(=O)N1.